The van der Waals surface area contributed by atoms with Gasteiger partial charge in [0.1, 0.15) is 42.7 Å². The van der Waals surface area contributed by atoms with Gasteiger partial charge >= 0.3 is 0 Å². The van der Waals surface area contributed by atoms with E-state index in [1.807, 2.05) is 0 Å². The first kappa shape index (κ1) is 18.9. The van der Waals surface area contributed by atoms with Gasteiger partial charge in [-0.25, -0.2) is 0 Å². The standard InChI is InChI=1S/C12H22O11/c13-1-4-6(16)7(17)8(18)11(21-4)22-9-5(2-14)23-12(20,3-15)10(9)19/h4-11,13-20H,1-3H2/t4?,5-,6-,7?,8?,9+,10?,11-,12?/m1/s1. The van der Waals surface area contributed by atoms with Crippen molar-refractivity contribution >= 4 is 0 Å². The van der Waals surface area contributed by atoms with Gasteiger partial charge in [-0.2, -0.15) is 0 Å². The summed E-state index contributed by atoms with van der Waals surface area (Å²) in [5.41, 5.74) is 0. The summed E-state index contributed by atoms with van der Waals surface area (Å²) in [7, 11) is 0. The zero-order valence-corrected chi connectivity index (χ0v) is 12.0. The summed E-state index contributed by atoms with van der Waals surface area (Å²) in [4.78, 5) is 0. The van der Waals surface area contributed by atoms with Gasteiger partial charge in [-0.05, 0) is 0 Å². The van der Waals surface area contributed by atoms with Gasteiger partial charge in [0, 0.05) is 0 Å². The molecule has 0 aromatic carbocycles. The van der Waals surface area contributed by atoms with Crippen LogP contribution < -0.4 is 0 Å². The van der Waals surface area contributed by atoms with Crippen molar-refractivity contribution in [1.29, 1.82) is 0 Å². The Hall–Kier alpha value is -0.440. The third-order valence-corrected chi connectivity index (χ3v) is 4.04. The van der Waals surface area contributed by atoms with Crippen molar-refractivity contribution in [2.45, 2.75) is 54.8 Å². The smallest absolute Gasteiger partial charge is 0.219 e. The maximum Gasteiger partial charge on any atom is 0.219 e. The van der Waals surface area contributed by atoms with E-state index in [-0.39, 0.29) is 0 Å². The van der Waals surface area contributed by atoms with Crippen LogP contribution in [0.3, 0.4) is 0 Å². The molecule has 23 heavy (non-hydrogen) atoms. The van der Waals surface area contributed by atoms with Crippen LogP contribution in [0.15, 0.2) is 0 Å². The summed E-state index contributed by atoms with van der Waals surface area (Å²) in [5, 5.41) is 76.5. The highest BCUT2D eigenvalue weighted by Gasteiger charge is 2.56. The lowest BCUT2D eigenvalue weighted by atomic mass is 9.99. The summed E-state index contributed by atoms with van der Waals surface area (Å²) in [6.07, 6.45) is -12.2. The Morgan fingerprint density at radius 1 is 0.870 bits per heavy atom. The number of aliphatic hydroxyl groups is 8. The van der Waals surface area contributed by atoms with Crippen LogP contribution in [0.2, 0.25) is 0 Å². The first-order chi connectivity index (χ1) is 10.8. The number of hydrogen-bond acceptors (Lipinski definition) is 11. The second-order valence-corrected chi connectivity index (χ2v) is 5.58. The molecule has 0 aliphatic carbocycles. The van der Waals surface area contributed by atoms with Gasteiger partial charge in [0.15, 0.2) is 6.29 Å². The molecule has 8 N–H and O–H groups in total. The van der Waals surface area contributed by atoms with E-state index in [0.717, 1.165) is 0 Å². The van der Waals surface area contributed by atoms with Crippen LogP contribution in [0.25, 0.3) is 0 Å². The normalized spacial score (nSPS) is 51.1. The van der Waals surface area contributed by atoms with Crippen molar-refractivity contribution in [1.82, 2.24) is 0 Å². The fraction of sp³-hybridized carbons (Fsp3) is 1.00. The lowest BCUT2D eigenvalue weighted by Gasteiger charge is -2.41. The van der Waals surface area contributed by atoms with Crippen molar-refractivity contribution in [3.05, 3.63) is 0 Å². The quantitative estimate of drug-likeness (QED) is 0.238. The summed E-state index contributed by atoms with van der Waals surface area (Å²) in [6.45, 7) is -2.32. The molecular formula is C12H22O11. The van der Waals surface area contributed by atoms with E-state index in [9.17, 15) is 30.6 Å². The summed E-state index contributed by atoms with van der Waals surface area (Å²) in [5.74, 6) is -2.37. The summed E-state index contributed by atoms with van der Waals surface area (Å²) < 4.78 is 15.3. The van der Waals surface area contributed by atoms with Gasteiger partial charge in [0.25, 0.3) is 0 Å². The highest BCUT2D eigenvalue weighted by molar-refractivity contribution is 4.98. The molecule has 0 radical (unpaired) electrons. The van der Waals surface area contributed by atoms with Crippen molar-refractivity contribution in [3.8, 4) is 0 Å². The SMILES string of the molecule is OCC1O[C@H](O[C@@H]2C(O)C(O)(CO)O[C@@H]2CO)C(O)C(O)[C@@H]1O. The number of aliphatic hydroxyl groups excluding tert-OH is 7. The van der Waals surface area contributed by atoms with Crippen LogP contribution in [-0.4, -0.2) is 115 Å². The number of ether oxygens (including phenoxy) is 3. The van der Waals surface area contributed by atoms with E-state index in [4.69, 9.17) is 24.4 Å². The largest absolute Gasteiger partial charge is 0.394 e. The Balaban J connectivity index is 2.13. The molecule has 2 fully saturated rings. The number of rotatable bonds is 5. The average molecular weight is 342 g/mol. The second kappa shape index (κ2) is 7.21. The third kappa shape index (κ3) is 3.36. The molecule has 2 rings (SSSR count). The Bertz CT molecular complexity index is 393. The van der Waals surface area contributed by atoms with E-state index < -0.39 is 74.6 Å². The van der Waals surface area contributed by atoms with Gasteiger partial charge in [-0.3, -0.25) is 0 Å². The van der Waals surface area contributed by atoms with E-state index in [1.165, 1.54) is 0 Å². The fourth-order valence-electron chi connectivity index (χ4n) is 2.63. The highest BCUT2D eigenvalue weighted by Crippen LogP contribution is 2.33. The van der Waals surface area contributed by atoms with E-state index in [1.54, 1.807) is 0 Å². The summed E-state index contributed by atoms with van der Waals surface area (Å²) >= 11 is 0. The third-order valence-electron chi connectivity index (χ3n) is 4.04. The minimum absolute atomic E-state index is 0.668. The predicted molar refractivity (Wildman–Crippen MR) is 68.6 cm³/mol. The van der Waals surface area contributed by atoms with Gasteiger partial charge in [0.2, 0.25) is 5.79 Å². The highest BCUT2D eigenvalue weighted by atomic mass is 16.7. The van der Waals surface area contributed by atoms with Crippen LogP contribution >= 0.6 is 0 Å². The molecule has 0 bridgehead atoms. The van der Waals surface area contributed by atoms with E-state index >= 15 is 0 Å². The first-order valence-corrected chi connectivity index (χ1v) is 7.05. The van der Waals surface area contributed by atoms with Gasteiger partial charge in [0.05, 0.1) is 19.8 Å². The van der Waals surface area contributed by atoms with Gasteiger partial charge in [-0.15, -0.1) is 0 Å². The van der Waals surface area contributed by atoms with Crippen molar-refractivity contribution in [2.24, 2.45) is 0 Å². The maximum atomic E-state index is 10.00. The van der Waals surface area contributed by atoms with Gasteiger partial charge in [-0.1, -0.05) is 0 Å². The Morgan fingerprint density at radius 2 is 1.48 bits per heavy atom. The van der Waals surface area contributed by atoms with Crippen LogP contribution in [0.1, 0.15) is 0 Å². The molecular weight excluding hydrogens is 320 g/mol. The molecule has 2 aliphatic rings. The molecule has 0 aromatic rings. The van der Waals surface area contributed by atoms with Crippen molar-refractivity contribution in [3.63, 3.8) is 0 Å². The second-order valence-electron chi connectivity index (χ2n) is 5.58. The molecule has 9 atom stereocenters. The molecule has 136 valence electrons. The average Bonchev–Trinajstić information content (AvgIpc) is 2.80. The topological polar surface area (TPSA) is 190 Å². The zero-order valence-electron chi connectivity index (χ0n) is 12.0. The fourth-order valence-corrected chi connectivity index (χ4v) is 2.63. The molecule has 5 unspecified atom stereocenters. The molecule has 2 saturated heterocycles. The zero-order chi connectivity index (χ0) is 17.4. The molecule has 0 aromatic heterocycles. The lowest BCUT2D eigenvalue weighted by Crippen LogP contribution is -2.60. The van der Waals surface area contributed by atoms with Crippen LogP contribution in [0, 0.1) is 0 Å². The molecule has 2 heterocycles. The maximum absolute atomic E-state index is 10.00. The molecule has 2 aliphatic heterocycles. The van der Waals surface area contributed by atoms with E-state index in [0.29, 0.717) is 0 Å². The van der Waals surface area contributed by atoms with Crippen LogP contribution in [0.4, 0.5) is 0 Å². The molecule has 0 amide bonds. The monoisotopic (exact) mass is 342 g/mol. The van der Waals surface area contributed by atoms with Gasteiger partial charge < -0.3 is 55.1 Å². The molecule has 0 saturated carbocycles. The first-order valence-electron chi connectivity index (χ1n) is 7.05. The van der Waals surface area contributed by atoms with Crippen LogP contribution in [-0.2, 0) is 14.2 Å². The van der Waals surface area contributed by atoms with Crippen molar-refractivity contribution in [2.75, 3.05) is 19.8 Å². The Kier molecular flexibility index (Phi) is 5.92. The number of hydrogen-bond donors (Lipinski definition) is 8. The molecule has 0 spiro atoms. The minimum atomic E-state index is -2.37. The predicted octanol–water partition coefficient (Wildman–Crippen LogP) is -5.40. The Labute approximate surface area is 130 Å². The molecule has 11 heteroatoms. The molecule has 11 nitrogen and oxygen atoms in total. The van der Waals surface area contributed by atoms with Crippen LogP contribution in [0.5, 0.6) is 0 Å². The summed E-state index contributed by atoms with van der Waals surface area (Å²) in [6, 6.07) is 0. The minimum Gasteiger partial charge on any atom is -0.394 e. The van der Waals surface area contributed by atoms with E-state index in [2.05, 4.69) is 0 Å². The van der Waals surface area contributed by atoms with Crippen molar-refractivity contribution < 1.29 is 55.1 Å². The Morgan fingerprint density at radius 3 is 2.00 bits per heavy atom. The lowest BCUT2D eigenvalue weighted by molar-refractivity contribution is -0.318.